The summed E-state index contributed by atoms with van der Waals surface area (Å²) < 4.78 is 25.3. The van der Waals surface area contributed by atoms with Gasteiger partial charge in [0.15, 0.2) is 12.3 Å². The predicted octanol–water partition coefficient (Wildman–Crippen LogP) is 8.44. The lowest BCUT2D eigenvalue weighted by Gasteiger charge is -2.27. The molecule has 3 aliphatic rings. The van der Waals surface area contributed by atoms with E-state index in [1.807, 2.05) is 13.8 Å². The van der Waals surface area contributed by atoms with Crippen LogP contribution in [-0.4, -0.2) is 76.2 Å². The highest BCUT2D eigenvalue weighted by Gasteiger charge is 2.44. The average molecular weight is 654 g/mol. The highest BCUT2D eigenvalue weighted by atomic mass is 16.5. The topological polar surface area (TPSA) is 43.2 Å². The van der Waals surface area contributed by atoms with Crippen molar-refractivity contribution < 1.29 is 23.5 Å². The number of benzene rings is 2. The molecule has 0 radical (unpaired) electrons. The number of nitrogens with zero attached hydrogens (tertiary/aromatic N) is 2. The van der Waals surface area contributed by atoms with Crippen molar-refractivity contribution in [2.45, 2.75) is 71.6 Å². The highest BCUT2D eigenvalue weighted by Crippen LogP contribution is 2.47. The van der Waals surface area contributed by atoms with Crippen LogP contribution in [0.15, 0.2) is 95.8 Å². The maximum atomic E-state index is 5.95. The molecule has 0 saturated carbocycles. The summed E-state index contributed by atoms with van der Waals surface area (Å²) in [4.78, 5) is 2.45. The van der Waals surface area contributed by atoms with Crippen molar-refractivity contribution in [2.24, 2.45) is 0 Å². The average Bonchev–Trinajstić information content (AvgIpc) is 3.44. The second-order valence-electron chi connectivity index (χ2n) is 13.8. The molecule has 0 spiro atoms. The molecule has 2 aromatic rings. The number of rotatable bonds is 17. The third-order valence-corrected chi connectivity index (χ3v) is 9.88. The Morgan fingerprint density at radius 2 is 1.38 bits per heavy atom. The standard InChI is InChI=1S/C42H57N2O4/c1-7-45-28-30-47-26-24-43-37-18-11-9-16-35(37)41(3,4)39(43)22-20-33-14-13-15-34(32-33)21-23-40-42(5,6)36-17-10-12-19-38(36)44(40)25-27-48-31-29-46-8-2/h9-12,16-23,32H,7-8,13-15,24-31H2,1-6H3/q+1. The van der Waals surface area contributed by atoms with Gasteiger partial charge in [0.1, 0.15) is 6.61 Å². The van der Waals surface area contributed by atoms with Crippen molar-refractivity contribution in [3.63, 3.8) is 0 Å². The van der Waals surface area contributed by atoms with E-state index in [9.17, 15) is 0 Å². The van der Waals surface area contributed by atoms with Gasteiger partial charge in [-0.25, -0.2) is 0 Å². The fourth-order valence-corrected chi connectivity index (χ4v) is 7.32. The van der Waals surface area contributed by atoms with E-state index >= 15 is 0 Å². The Kier molecular flexibility index (Phi) is 12.7. The van der Waals surface area contributed by atoms with E-state index in [0.717, 1.165) is 45.6 Å². The summed E-state index contributed by atoms with van der Waals surface area (Å²) in [6.07, 6.45) is 15.2. The van der Waals surface area contributed by atoms with Gasteiger partial charge in [-0.05, 0) is 75.8 Å². The first-order chi connectivity index (χ1) is 23.3. The molecule has 0 saturated heterocycles. The van der Waals surface area contributed by atoms with Crippen LogP contribution >= 0.6 is 0 Å². The van der Waals surface area contributed by atoms with Crippen molar-refractivity contribution >= 4 is 17.1 Å². The van der Waals surface area contributed by atoms with Crippen molar-refractivity contribution in [1.82, 2.24) is 0 Å². The zero-order valence-electron chi connectivity index (χ0n) is 30.2. The molecule has 6 heteroatoms. The van der Waals surface area contributed by atoms with E-state index in [2.05, 4.69) is 116 Å². The van der Waals surface area contributed by atoms with Gasteiger partial charge < -0.3 is 23.8 Å². The van der Waals surface area contributed by atoms with Crippen LogP contribution in [0.4, 0.5) is 11.4 Å². The quantitative estimate of drug-likeness (QED) is 0.127. The van der Waals surface area contributed by atoms with Crippen molar-refractivity contribution in [1.29, 1.82) is 0 Å². The molecule has 1 aliphatic carbocycles. The maximum absolute atomic E-state index is 5.95. The fourth-order valence-electron chi connectivity index (χ4n) is 7.32. The minimum Gasteiger partial charge on any atom is -0.379 e. The van der Waals surface area contributed by atoms with Crippen LogP contribution in [0.3, 0.4) is 0 Å². The van der Waals surface area contributed by atoms with Crippen LogP contribution < -0.4 is 4.90 Å². The molecule has 2 aliphatic heterocycles. The number of hydrogen-bond acceptors (Lipinski definition) is 5. The minimum absolute atomic E-state index is 0.0873. The summed E-state index contributed by atoms with van der Waals surface area (Å²) in [5.41, 5.74) is 10.5. The molecule has 0 unspecified atom stereocenters. The summed E-state index contributed by atoms with van der Waals surface area (Å²) in [6.45, 7) is 20.3. The summed E-state index contributed by atoms with van der Waals surface area (Å²) in [5.74, 6) is 0. The first kappa shape index (κ1) is 36.0. The van der Waals surface area contributed by atoms with Crippen molar-refractivity contribution in [2.75, 3.05) is 70.8 Å². The molecule has 0 amide bonds. The SMILES string of the molecule is CCOCCOCCN1/C(=C/C=C2C=C(/C=C/C3=[N+](CCOCCOCC)c4ccccc4C3(C)C)CCC/2)C(C)(C)c2ccccc21. The lowest BCUT2D eigenvalue weighted by molar-refractivity contribution is -0.442. The van der Waals surface area contributed by atoms with Gasteiger partial charge in [0.05, 0.1) is 38.4 Å². The summed E-state index contributed by atoms with van der Waals surface area (Å²) in [7, 11) is 0. The van der Waals surface area contributed by atoms with Gasteiger partial charge in [0.2, 0.25) is 5.69 Å². The zero-order valence-corrected chi connectivity index (χ0v) is 30.2. The normalized spacial score (nSPS) is 19.9. The number of para-hydroxylation sites is 2. The van der Waals surface area contributed by atoms with Gasteiger partial charge in [-0.15, -0.1) is 0 Å². The Bertz CT molecular complexity index is 1540. The zero-order chi connectivity index (χ0) is 34.0. The van der Waals surface area contributed by atoms with Gasteiger partial charge in [-0.1, -0.05) is 68.5 Å². The third-order valence-electron chi connectivity index (χ3n) is 9.88. The lowest BCUT2D eigenvalue weighted by Crippen LogP contribution is -2.29. The van der Waals surface area contributed by atoms with E-state index in [0.29, 0.717) is 39.6 Å². The van der Waals surface area contributed by atoms with Crippen LogP contribution in [-0.2, 0) is 29.8 Å². The largest absolute Gasteiger partial charge is 0.379 e. The predicted molar refractivity (Wildman–Crippen MR) is 198 cm³/mol. The van der Waals surface area contributed by atoms with Gasteiger partial charge in [-0.3, -0.25) is 0 Å². The first-order valence-corrected chi connectivity index (χ1v) is 18.0. The van der Waals surface area contributed by atoms with E-state index < -0.39 is 0 Å². The minimum atomic E-state index is -0.0873. The van der Waals surface area contributed by atoms with Crippen molar-refractivity contribution in [3.05, 3.63) is 107 Å². The van der Waals surface area contributed by atoms with Crippen LogP contribution in [0.25, 0.3) is 0 Å². The summed E-state index contributed by atoms with van der Waals surface area (Å²) in [5, 5.41) is 0. The first-order valence-electron chi connectivity index (χ1n) is 18.0. The number of allylic oxidation sites excluding steroid dienone is 8. The summed E-state index contributed by atoms with van der Waals surface area (Å²) >= 11 is 0. The smallest absolute Gasteiger partial charge is 0.209 e. The molecule has 5 rings (SSSR count). The van der Waals surface area contributed by atoms with Gasteiger partial charge in [0.25, 0.3) is 0 Å². The number of ether oxygens (including phenoxy) is 4. The Morgan fingerprint density at radius 3 is 2.12 bits per heavy atom. The van der Waals surface area contributed by atoms with Crippen LogP contribution in [0.5, 0.6) is 0 Å². The Balaban J connectivity index is 1.35. The summed E-state index contributed by atoms with van der Waals surface area (Å²) in [6, 6.07) is 17.6. The van der Waals surface area contributed by atoms with Gasteiger partial charge >= 0.3 is 0 Å². The molecule has 0 aromatic heterocycles. The second kappa shape index (κ2) is 16.9. The molecule has 0 fully saturated rings. The number of hydrogen-bond donors (Lipinski definition) is 0. The monoisotopic (exact) mass is 653 g/mol. The molecule has 0 atom stereocenters. The Morgan fingerprint density at radius 1 is 0.708 bits per heavy atom. The molecule has 258 valence electrons. The number of fused-ring (bicyclic) bond motifs is 2. The lowest BCUT2D eigenvalue weighted by atomic mass is 9.81. The van der Waals surface area contributed by atoms with E-state index in [-0.39, 0.29) is 10.8 Å². The van der Waals surface area contributed by atoms with Gasteiger partial charge in [0, 0.05) is 54.3 Å². The van der Waals surface area contributed by atoms with Crippen LogP contribution in [0, 0.1) is 0 Å². The molecular formula is C42H57N2O4+. The highest BCUT2D eigenvalue weighted by molar-refractivity contribution is 6.03. The Labute approximate surface area is 289 Å². The van der Waals surface area contributed by atoms with Crippen LogP contribution in [0.2, 0.25) is 0 Å². The van der Waals surface area contributed by atoms with Crippen LogP contribution in [0.1, 0.15) is 71.9 Å². The van der Waals surface area contributed by atoms with E-state index in [1.54, 1.807) is 0 Å². The fraction of sp³-hybridized carbons (Fsp3) is 0.500. The van der Waals surface area contributed by atoms with Crippen molar-refractivity contribution in [3.8, 4) is 0 Å². The van der Waals surface area contributed by atoms with E-state index in [1.165, 1.54) is 45.1 Å². The molecule has 0 bridgehead atoms. The van der Waals surface area contributed by atoms with Gasteiger partial charge in [-0.2, -0.15) is 4.58 Å². The molecule has 2 aromatic carbocycles. The molecule has 6 nitrogen and oxygen atoms in total. The second-order valence-corrected chi connectivity index (χ2v) is 13.8. The third kappa shape index (κ3) is 8.28. The molecule has 2 heterocycles. The molecule has 48 heavy (non-hydrogen) atoms. The molecule has 0 N–H and O–H groups in total. The van der Waals surface area contributed by atoms with E-state index in [4.69, 9.17) is 18.9 Å². The Hall–Kier alpha value is -3.29. The number of anilines is 1. The maximum Gasteiger partial charge on any atom is 0.209 e. The molecular weight excluding hydrogens is 596 g/mol.